The fourth-order valence-corrected chi connectivity index (χ4v) is 4.13. The van der Waals surface area contributed by atoms with Crippen molar-refractivity contribution in [2.75, 3.05) is 18.6 Å². The maximum absolute atomic E-state index is 13.1. The molecule has 0 amide bonds. The maximum Gasteiger partial charge on any atom is 0.328 e. The smallest absolute Gasteiger partial charge is 0.328 e. The van der Waals surface area contributed by atoms with E-state index in [4.69, 9.17) is 14.5 Å². The van der Waals surface area contributed by atoms with Gasteiger partial charge in [0.25, 0.3) is 0 Å². The molecule has 1 N–H and O–H groups in total. The molecule has 1 aromatic heterocycles. The predicted octanol–water partition coefficient (Wildman–Crippen LogP) is 4.34. The summed E-state index contributed by atoms with van der Waals surface area (Å²) >= 11 is 0. The van der Waals surface area contributed by atoms with Gasteiger partial charge in [0.1, 0.15) is 23.4 Å². The molecule has 1 fully saturated rings. The van der Waals surface area contributed by atoms with Gasteiger partial charge in [-0.1, -0.05) is 18.2 Å². The molecule has 0 aliphatic carbocycles. The number of fused-ring (bicyclic) bond motifs is 1. The van der Waals surface area contributed by atoms with E-state index in [-0.39, 0.29) is 18.8 Å². The van der Waals surface area contributed by atoms with E-state index in [1.165, 1.54) is 19.2 Å². The lowest BCUT2D eigenvalue weighted by atomic mass is 10.1. The maximum atomic E-state index is 13.1. The minimum absolute atomic E-state index is 0.238. The zero-order valence-corrected chi connectivity index (χ0v) is 18.4. The highest BCUT2D eigenvalue weighted by atomic mass is 19.1. The molecule has 5 rings (SSSR count). The number of para-hydroxylation sites is 1. The number of benzene rings is 3. The number of rotatable bonds is 5. The number of β-amino-alcohol motifs (C(OH)–C–C–N with tert-alkyl or cyclic N) is 1. The highest BCUT2D eigenvalue weighted by Gasteiger charge is 2.38. The van der Waals surface area contributed by atoms with Gasteiger partial charge in [-0.2, -0.15) is 0 Å². The van der Waals surface area contributed by atoms with Crippen LogP contribution in [0.1, 0.15) is 6.42 Å². The summed E-state index contributed by atoms with van der Waals surface area (Å²) in [5.74, 6) is 0.728. The summed E-state index contributed by atoms with van der Waals surface area (Å²) < 4.78 is 23.9. The fraction of sp³-hybridized carbons (Fsp3) is 0.192. The first-order valence-electron chi connectivity index (χ1n) is 10.8. The van der Waals surface area contributed by atoms with Crippen LogP contribution in [-0.4, -0.2) is 46.8 Å². The van der Waals surface area contributed by atoms with Crippen molar-refractivity contribution < 1.29 is 23.8 Å². The molecule has 2 unspecified atom stereocenters. The van der Waals surface area contributed by atoms with E-state index in [2.05, 4.69) is 4.98 Å². The predicted molar refractivity (Wildman–Crippen MR) is 125 cm³/mol. The largest absolute Gasteiger partial charge is 0.467 e. The Bertz CT molecular complexity index is 1330. The number of halogens is 1. The monoisotopic (exact) mass is 459 g/mol. The summed E-state index contributed by atoms with van der Waals surface area (Å²) in [5, 5.41) is 11.1. The number of ether oxygens (including phenoxy) is 2. The molecule has 172 valence electrons. The van der Waals surface area contributed by atoms with Crippen LogP contribution in [0.5, 0.6) is 11.5 Å². The van der Waals surface area contributed by atoms with Crippen LogP contribution in [0.15, 0.2) is 72.8 Å². The Morgan fingerprint density at radius 2 is 1.68 bits per heavy atom. The molecular weight excluding hydrogens is 437 g/mol. The lowest BCUT2D eigenvalue weighted by Crippen LogP contribution is -2.38. The molecular formula is C26H22FN3O4. The zero-order valence-electron chi connectivity index (χ0n) is 18.4. The number of nitrogens with zero attached hydrogens (tertiary/aromatic N) is 3. The first kappa shape index (κ1) is 21.8. The Hall–Kier alpha value is -4.04. The van der Waals surface area contributed by atoms with E-state index >= 15 is 0 Å². The number of hydrogen-bond acceptors (Lipinski definition) is 7. The third kappa shape index (κ3) is 4.27. The van der Waals surface area contributed by atoms with Crippen molar-refractivity contribution >= 4 is 22.8 Å². The van der Waals surface area contributed by atoms with Gasteiger partial charge in [0.15, 0.2) is 0 Å². The van der Waals surface area contributed by atoms with Crippen LogP contribution in [-0.2, 0) is 9.53 Å². The Morgan fingerprint density at radius 3 is 2.38 bits per heavy atom. The minimum Gasteiger partial charge on any atom is -0.467 e. The topological polar surface area (TPSA) is 84.8 Å². The van der Waals surface area contributed by atoms with Gasteiger partial charge in [0.2, 0.25) is 5.95 Å². The quantitative estimate of drug-likeness (QED) is 0.445. The van der Waals surface area contributed by atoms with Crippen LogP contribution in [0, 0.1) is 5.82 Å². The lowest BCUT2D eigenvalue weighted by Gasteiger charge is -2.23. The van der Waals surface area contributed by atoms with Crippen molar-refractivity contribution in [3.63, 3.8) is 0 Å². The van der Waals surface area contributed by atoms with Gasteiger partial charge in [-0.05, 0) is 54.6 Å². The van der Waals surface area contributed by atoms with Gasteiger partial charge in [-0.15, -0.1) is 0 Å². The first-order chi connectivity index (χ1) is 16.5. The van der Waals surface area contributed by atoms with Gasteiger partial charge in [-0.25, -0.2) is 19.2 Å². The molecule has 4 aromatic rings. The number of anilines is 1. The highest BCUT2D eigenvalue weighted by Crippen LogP contribution is 2.32. The van der Waals surface area contributed by atoms with E-state index in [9.17, 15) is 14.3 Å². The Kier molecular flexibility index (Phi) is 5.81. The second kappa shape index (κ2) is 9.07. The van der Waals surface area contributed by atoms with Crippen molar-refractivity contribution in [1.29, 1.82) is 0 Å². The van der Waals surface area contributed by atoms with Gasteiger partial charge < -0.3 is 19.5 Å². The number of aliphatic hydroxyl groups excluding tert-OH is 1. The second-order valence-electron chi connectivity index (χ2n) is 8.05. The van der Waals surface area contributed by atoms with E-state index in [1.54, 1.807) is 17.0 Å². The zero-order chi connectivity index (χ0) is 23.7. The molecule has 0 bridgehead atoms. The molecule has 3 aromatic carbocycles. The van der Waals surface area contributed by atoms with Crippen LogP contribution >= 0.6 is 0 Å². The van der Waals surface area contributed by atoms with Crippen molar-refractivity contribution in [1.82, 2.24) is 9.97 Å². The fourth-order valence-electron chi connectivity index (χ4n) is 4.13. The number of aromatic nitrogens is 2. The molecule has 1 aliphatic rings. The minimum atomic E-state index is -0.675. The van der Waals surface area contributed by atoms with Crippen molar-refractivity contribution in [2.45, 2.75) is 18.6 Å². The summed E-state index contributed by atoms with van der Waals surface area (Å²) in [7, 11) is 1.33. The molecule has 34 heavy (non-hydrogen) atoms. The van der Waals surface area contributed by atoms with Gasteiger partial charge in [0, 0.05) is 23.9 Å². The number of hydrogen-bond donors (Lipinski definition) is 1. The molecule has 0 saturated carbocycles. The molecule has 8 heteroatoms. The number of esters is 1. The van der Waals surface area contributed by atoms with Gasteiger partial charge >= 0.3 is 5.97 Å². The molecule has 7 nitrogen and oxygen atoms in total. The third-order valence-corrected chi connectivity index (χ3v) is 5.78. The van der Waals surface area contributed by atoms with Crippen LogP contribution in [0.3, 0.4) is 0 Å². The van der Waals surface area contributed by atoms with Crippen LogP contribution in [0.25, 0.3) is 22.2 Å². The Labute approximate surface area is 195 Å². The first-order valence-corrected chi connectivity index (χ1v) is 10.8. The molecule has 1 aliphatic heterocycles. The Balaban J connectivity index is 1.51. The SMILES string of the molecule is COC(=O)C1CC(O)CN1c1nc(-c2ccc(Oc3ccc(F)cc3)cc2)c2ccccc2n1. The van der Waals surface area contributed by atoms with E-state index < -0.39 is 18.1 Å². The molecule has 2 heterocycles. The standard InChI is InChI=1S/C26H22FN3O4/c1-33-25(32)23-14-18(31)15-30(23)26-28-22-5-3-2-4-21(22)24(29-26)16-6-10-19(11-7-16)34-20-12-8-17(27)9-13-20/h2-13,18,23,31H,14-15H2,1H3. The normalized spacial score (nSPS) is 17.7. The average molecular weight is 459 g/mol. The van der Waals surface area contributed by atoms with Gasteiger partial charge in [-0.3, -0.25) is 0 Å². The summed E-state index contributed by atoms with van der Waals surface area (Å²) in [6, 6.07) is 20.2. The van der Waals surface area contributed by atoms with Crippen LogP contribution in [0.2, 0.25) is 0 Å². The summed E-state index contributed by atoms with van der Waals surface area (Å²) in [4.78, 5) is 23.5. The second-order valence-corrected chi connectivity index (χ2v) is 8.05. The van der Waals surface area contributed by atoms with Gasteiger partial charge in [0.05, 0.1) is 24.4 Å². The average Bonchev–Trinajstić information content (AvgIpc) is 3.26. The number of carbonyl (C=O) groups is 1. The molecule has 0 spiro atoms. The number of methoxy groups -OCH3 is 1. The van der Waals surface area contributed by atoms with Crippen molar-refractivity contribution in [3.05, 3.63) is 78.6 Å². The van der Waals surface area contributed by atoms with Crippen molar-refractivity contribution in [2.24, 2.45) is 0 Å². The lowest BCUT2D eigenvalue weighted by molar-refractivity contribution is -0.142. The number of aliphatic hydroxyl groups is 1. The molecule has 1 saturated heterocycles. The van der Waals surface area contributed by atoms with E-state index in [0.29, 0.717) is 23.1 Å². The third-order valence-electron chi connectivity index (χ3n) is 5.78. The van der Waals surface area contributed by atoms with E-state index in [0.717, 1.165) is 16.5 Å². The summed E-state index contributed by atoms with van der Waals surface area (Å²) in [5.41, 5.74) is 2.25. The van der Waals surface area contributed by atoms with Crippen LogP contribution in [0.4, 0.5) is 10.3 Å². The molecule has 0 radical (unpaired) electrons. The Morgan fingerprint density at radius 1 is 1.00 bits per heavy atom. The molecule has 2 atom stereocenters. The number of carbonyl (C=O) groups excluding carboxylic acids is 1. The summed E-state index contributed by atoms with van der Waals surface area (Å²) in [6.45, 7) is 0.238. The van der Waals surface area contributed by atoms with Crippen molar-refractivity contribution in [3.8, 4) is 22.8 Å². The highest BCUT2D eigenvalue weighted by molar-refractivity contribution is 5.93. The van der Waals surface area contributed by atoms with Crippen LogP contribution < -0.4 is 9.64 Å². The van der Waals surface area contributed by atoms with E-state index in [1.807, 2.05) is 48.5 Å². The summed E-state index contributed by atoms with van der Waals surface area (Å²) in [6.07, 6.45) is -0.418.